The lowest BCUT2D eigenvalue weighted by Gasteiger charge is -2.42. The van der Waals surface area contributed by atoms with Crippen molar-refractivity contribution in [1.82, 2.24) is 9.80 Å². The molecule has 0 aromatic heterocycles. The van der Waals surface area contributed by atoms with Crippen LogP contribution in [0.2, 0.25) is 5.02 Å². The number of benzene rings is 3. The minimum Gasteiger partial charge on any atom is -0.489 e. The zero-order valence-corrected chi connectivity index (χ0v) is 25.1. The number of carbonyl (C=O) groups is 1. The number of hydrogen-bond acceptors (Lipinski definition) is 5. The van der Waals surface area contributed by atoms with Crippen LogP contribution in [0, 0.1) is 5.82 Å². The van der Waals surface area contributed by atoms with Gasteiger partial charge in [-0.05, 0) is 99.1 Å². The second-order valence-corrected chi connectivity index (χ2v) is 12.2. The summed E-state index contributed by atoms with van der Waals surface area (Å²) in [5.41, 5.74) is 2.50. The fraction of sp³-hybridized carbons (Fsp3) is 0.412. The predicted molar refractivity (Wildman–Crippen MR) is 165 cm³/mol. The van der Waals surface area contributed by atoms with Crippen molar-refractivity contribution in [2.75, 3.05) is 33.3 Å². The Morgan fingerprint density at radius 3 is 2.47 bits per heavy atom. The molecule has 1 saturated carbocycles. The van der Waals surface area contributed by atoms with Crippen LogP contribution in [0.15, 0.2) is 71.7 Å². The summed E-state index contributed by atoms with van der Waals surface area (Å²) < 4.78 is 26.2. The molecule has 226 valence electrons. The minimum absolute atomic E-state index is 0.142. The first-order valence-corrected chi connectivity index (χ1v) is 15.4. The third-order valence-electron chi connectivity index (χ3n) is 8.98. The second kappa shape index (κ2) is 12.6. The van der Waals surface area contributed by atoms with Crippen molar-refractivity contribution in [3.05, 3.63) is 94.3 Å². The Bertz CT molecular complexity index is 1480. The molecule has 2 heterocycles. The van der Waals surface area contributed by atoms with Crippen molar-refractivity contribution in [2.24, 2.45) is 4.99 Å². The maximum Gasteiger partial charge on any atom is 0.335 e. The lowest BCUT2D eigenvalue weighted by Crippen LogP contribution is -2.54. The highest BCUT2D eigenvalue weighted by molar-refractivity contribution is 6.30. The maximum atomic E-state index is 14.4. The maximum absolute atomic E-state index is 14.4. The van der Waals surface area contributed by atoms with E-state index in [0.29, 0.717) is 16.5 Å². The molecule has 43 heavy (non-hydrogen) atoms. The van der Waals surface area contributed by atoms with Gasteiger partial charge in [-0.1, -0.05) is 35.9 Å². The standard InChI is InChI=1S/C34H37ClFN3O4/c1-38(21-28-14-19-42-28)33(37-27-10-7-24(8-11-27)32(40)41)34(15-16-34)39-17-12-23(13-18-39)29-4-2-3-5-31(29)43-22-25-6-9-26(35)20-30(25)36/h2-11,20,23,28H,12-19,21-22H2,1H3,(H,40,41). The monoisotopic (exact) mass is 605 g/mol. The van der Waals surface area contributed by atoms with E-state index in [1.807, 2.05) is 18.2 Å². The van der Waals surface area contributed by atoms with Gasteiger partial charge >= 0.3 is 5.97 Å². The second-order valence-electron chi connectivity index (χ2n) is 11.8. The summed E-state index contributed by atoms with van der Waals surface area (Å²) in [6.45, 7) is 3.58. The molecule has 0 bridgehead atoms. The highest BCUT2D eigenvalue weighted by atomic mass is 35.5. The lowest BCUT2D eigenvalue weighted by molar-refractivity contribution is -0.0575. The average Bonchev–Trinajstić information content (AvgIpc) is 3.79. The summed E-state index contributed by atoms with van der Waals surface area (Å²) in [5, 5.41) is 9.69. The number of aliphatic imine (C=N–C) groups is 1. The molecular weight excluding hydrogens is 569 g/mol. The van der Waals surface area contributed by atoms with Gasteiger partial charge in [0.2, 0.25) is 0 Å². The van der Waals surface area contributed by atoms with E-state index in [9.17, 15) is 14.3 Å². The summed E-state index contributed by atoms with van der Waals surface area (Å²) in [7, 11) is 2.09. The zero-order valence-electron chi connectivity index (χ0n) is 24.3. The number of hydrogen-bond donors (Lipinski definition) is 1. The predicted octanol–water partition coefficient (Wildman–Crippen LogP) is 6.92. The number of halogens is 2. The largest absolute Gasteiger partial charge is 0.489 e. The summed E-state index contributed by atoms with van der Waals surface area (Å²) in [6, 6.07) is 19.5. The van der Waals surface area contributed by atoms with Crippen molar-refractivity contribution in [2.45, 2.75) is 56.3 Å². The molecule has 1 atom stereocenters. The minimum atomic E-state index is -0.944. The highest BCUT2D eigenvalue weighted by Crippen LogP contribution is 2.48. The first-order valence-electron chi connectivity index (χ1n) is 15.0. The number of aromatic carboxylic acids is 1. The number of likely N-dealkylation sites (tertiary alicyclic amines) is 1. The first-order chi connectivity index (χ1) is 20.8. The van der Waals surface area contributed by atoms with Crippen molar-refractivity contribution in [3.8, 4) is 5.75 Å². The Balaban J connectivity index is 1.17. The van der Waals surface area contributed by atoms with Crippen molar-refractivity contribution in [1.29, 1.82) is 0 Å². The van der Waals surface area contributed by atoms with E-state index in [-0.39, 0.29) is 29.6 Å². The Morgan fingerprint density at radius 1 is 1.12 bits per heavy atom. The number of para-hydroxylation sites is 1. The highest BCUT2D eigenvalue weighted by Gasteiger charge is 2.54. The smallest absolute Gasteiger partial charge is 0.335 e. The van der Waals surface area contributed by atoms with Crippen LogP contribution in [0.4, 0.5) is 10.1 Å². The number of ether oxygens (including phenoxy) is 2. The molecule has 3 aromatic rings. The van der Waals surface area contributed by atoms with Gasteiger partial charge in [0, 0.05) is 30.8 Å². The molecule has 3 aromatic carbocycles. The van der Waals surface area contributed by atoms with Crippen LogP contribution in [0.3, 0.4) is 0 Å². The molecule has 6 rings (SSSR count). The van der Waals surface area contributed by atoms with Gasteiger partial charge < -0.3 is 19.5 Å². The van der Waals surface area contributed by atoms with Crippen LogP contribution >= 0.6 is 11.6 Å². The molecule has 1 aliphatic carbocycles. The number of rotatable bonds is 10. The van der Waals surface area contributed by atoms with E-state index in [4.69, 9.17) is 26.1 Å². The van der Waals surface area contributed by atoms with E-state index in [1.165, 1.54) is 6.07 Å². The summed E-state index contributed by atoms with van der Waals surface area (Å²) in [6.07, 6.45) is 5.29. The van der Waals surface area contributed by atoms with E-state index in [2.05, 4.69) is 22.9 Å². The fourth-order valence-corrected chi connectivity index (χ4v) is 6.49. The Morgan fingerprint density at radius 2 is 1.84 bits per heavy atom. The normalized spacial score (nSPS) is 20.3. The number of nitrogens with zero attached hydrogens (tertiary/aromatic N) is 3. The SMILES string of the molecule is CN(CC1CCO1)C(=Nc1ccc(C(=O)O)cc1)C1(N2CCC(c3ccccc3OCc3ccc(Cl)cc3F)CC2)CC1. The third kappa shape index (κ3) is 6.56. The average molecular weight is 606 g/mol. The molecule has 1 unspecified atom stereocenters. The quantitative estimate of drug-likeness (QED) is 0.200. The van der Waals surface area contributed by atoms with E-state index in [0.717, 1.165) is 81.2 Å². The van der Waals surface area contributed by atoms with Gasteiger partial charge in [-0.25, -0.2) is 14.2 Å². The van der Waals surface area contributed by atoms with Crippen LogP contribution in [-0.4, -0.2) is 71.6 Å². The summed E-state index contributed by atoms with van der Waals surface area (Å²) >= 11 is 5.91. The van der Waals surface area contributed by atoms with E-state index < -0.39 is 5.97 Å². The van der Waals surface area contributed by atoms with Crippen LogP contribution < -0.4 is 4.74 Å². The molecule has 3 aliphatic rings. The zero-order chi connectivity index (χ0) is 30.0. The van der Waals surface area contributed by atoms with Crippen LogP contribution in [0.5, 0.6) is 5.75 Å². The number of amidine groups is 1. The summed E-state index contributed by atoms with van der Waals surface area (Å²) in [4.78, 5) is 21.3. The Labute approximate surface area is 256 Å². The molecule has 1 N–H and O–H groups in total. The van der Waals surface area contributed by atoms with Crippen molar-refractivity contribution < 1.29 is 23.8 Å². The molecular formula is C34H37ClFN3O4. The fourth-order valence-electron chi connectivity index (χ4n) is 6.33. The third-order valence-corrected chi connectivity index (χ3v) is 9.21. The topological polar surface area (TPSA) is 74.6 Å². The molecule has 9 heteroatoms. The summed E-state index contributed by atoms with van der Waals surface area (Å²) in [5.74, 6) is 0.850. The molecule has 2 aliphatic heterocycles. The lowest BCUT2D eigenvalue weighted by atomic mass is 9.87. The van der Waals surface area contributed by atoms with Crippen LogP contribution in [0.1, 0.15) is 59.5 Å². The van der Waals surface area contributed by atoms with Crippen molar-refractivity contribution >= 4 is 29.1 Å². The van der Waals surface area contributed by atoms with Gasteiger partial charge in [-0.3, -0.25) is 4.90 Å². The molecule has 2 saturated heterocycles. The van der Waals surface area contributed by atoms with Crippen molar-refractivity contribution in [3.63, 3.8) is 0 Å². The van der Waals surface area contributed by atoms with E-state index in [1.54, 1.807) is 36.4 Å². The van der Waals surface area contributed by atoms with Crippen LogP contribution in [-0.2, 0) is 11.3 Å². The van der Waals surface area contributed by atoms with Gasteiger partial charge in [-0.15, -0.1) is 0 Å². The Kier molecular flexibility index (Phi) is 8.71. The first kappa shape index (κ1) is 29.6. The van der Waals surface area contributed by atoms with Gasteiger partial charge in [0.05, 0.1) is 22.9 Å². The number of carboxylic acid groups (broad SMARTS) is 1. The van der Waals surface area contributed by atoms with Gasteiger partial charge in [0.25, 0.3) is 0 Å². The molecule has 7 nitrogen and oxygen atoms in total. The van der Waals surface area contributed by atoms with E-state index >= 15 is 0 Å². The molecule has 0 spiro atoms. The number of piperidine rings is 1. The van der Waals surface area contributed by atoms with Gasteiger partial charge in [-0.2, -0.15) is 0 Å². The van der Waals surface area contributed by atoms with Gasteiger partial charge in [0.15, 0.2) is 0 Å². The number of likely N-dealkylation sites (N-methyl/N-ethyl adjacent to an activating group) is 1. The molecule has 0 amide bonds. The number of carboxylic acids is 1. The molecule has 0 radical (unpaired) electrons. The molecule has 3 fully saturated rings. The Hall–Kier alpha value is -3.46. The van der Waals surface area contributed by atoms with Crippen LogP contribution in [0.25, 0.3) is 0 Å². The van der Waals surface area contributed by atoms with Gasteiger partial charge in [0.1, 0.15) is 24.0 Å².